The number of para-hydroxylation sites is 1. The average molecular weight is 354 g/mol. The van der Waals surface area contributed by atoms with Crippen molar-refractivity contribution in [3.05, 3.63) is 53.6 Å². The molecule has 0 aliphatic carbocycles. The van der Waals surface area contributed by atoms with Crippen molar-refractivity contribution in [1.82, 2.24) is 0 Å². The number of halogens is 2. The zero-order valence-electron chi connectivity index (χ0n) is 11.4. The van der Waals surface area contributed by atoms with Gasteiger partial charge in [-0.15, -0.1) is 0 Å². The minimum absolute atomic E-state index is 0. The van der Waals surface area contributed by atoms with Crippen molar-refractivity contribution in [2.75, 3.05) is 11.1 Å². The number of hydrogen-bond acceptors (Lipinski definition) is 3. The molecule has 0 radical (unpaired) electrons. The van der Waals surface area contributed by atoms with Gasteiger partial charge in [0.15, 0.2) is 6.54 Å². The van der Waals surface area contributed by atoms with Crippen LogP contribution in [0.25, 0.3) is 10.2 Å². The Morgan fingerprint density at radius 2 is 1.86 bits per heavy atom. The van der Waals surface area contributed by atoms with Gasteiger partial charge >= 0.3 is 5.13 Å². The van der Waals surface area contributed by atoms with Crippen LogP contribution in [-0.4, -0.2) is 5.91 Å². The maximum absolute atomic E-state index is 12.1. The molecule has 0 saturated carbocycles. The highest BCUT2D eigenvalue weighted by molar-refractivity contribution is 7.21. The standard InChI is InChI=1S/C15H12ClN3OS.ClH/c16-10-5-7-11(8-6-10)18-14(20)9-19-12-3-1-2-4-13(12)21-15(19)17;/h1-8,17H,9H2,(H,18,20);1H. The minimum atomic E-state index is -0.127. The van der Waals surface area contributed by atoms with Gasteiger partial charge in [0.05, 0.1) is 4.70 Å². The number of benzene rings is 2. The summed E-state index contributed by atoms with van der Waals surface area (Å²) in [5.41, 5.74) is 7.67. The zero-order chi connectivity index (χ0) is 14.8. The number of aromatic nitrogens is 1. The van der Waals surface area contributed by atoms with Crippen molar-refractivity contribution in [3.63, 3.8) is 0 Å². The van der Waals surface area contributed by atoms with Gasteiger partial charge in [0, 0.05) is 10.7 Å². The van der Waals surface area contributed by atoms with E-state index >= 15 is 0 Å². The van der Waals surface area contributed by atoms with Crippen LogP contribution in [0, 0.1) is 0 Å². The summed E-state index contributed by atoms with van der Waals surface area (Å²) in [5, 5.41) is 4.08. The first-order valence-electron chi connectivity index (χ1n) is 6.36. The van der Waals surface area contributed by atoms with E-state index in [0.29, 0.717) is 15.8 Å². The number of carbonyl (C=O) groups is 1. The van der Waals surface area contributed by atoms with E-state index in [1.165, 1.54) is 11.3 Å². The molecule has 0 fully saturated rings. The van der Waals surface area contributed by atoms with Crippen LogP contribution in [0.15, 0.2) is 48.5 Å². The fourth-order valence-electron chi connectivity index (χ4n) is 2.09. The predicted octanol–water partition coefficient (Wildman–Crippen LogP) is 0.0671. The molecule has 1 aromatic heterocycles. The summed E-state index contributed by atoms with van der Waals surface area (Å²) in [6, 6.07) is 14.8. The Morgan fingerprint density at radius 1 is 1.18 bits per heavy atom. The molecule has 3 rings (SSSR count). The number of nitrogens with two attached hydrogens (primary N) is 1. The van der Waals surface area contributed by atoms with E-state index in [-0.39, 0.29) is 24.9 Å². The lowest BCUT2D eigenvalue weighted by atomic mass is 10.3. The Hall–Kier alpha value is -1.82. The topological polar surface area (TPSA) is 59.0 Å². The summed E-state index contributed by atoms with van der Waals surface area (Å²) in [6.45, 7) is 0.179. The second kappa shape index (κ2) is 6.96. The number of hydrogen-bond donors (Lipinski definition) is 2. The van der Waals surface area contributed by atoms with Gasteiger partial charge in [-0.25, -0.2) is 4.57 Å². The first kappa shape index (κ1) is 16.5. The summed E-state index contributed by atoms with van der Waals surface area (Å²) in [4.78, 5) is 12.1. The van der Waals surface area contributed by atoms with Gasteiger partial charge in [0.1, 0.15) is 5.52 Å². The van der Waals surface area contributed by atoms with Gasteiger partial charge in [0.2, 0.25) is 0 Å². The molecular weight excluding hydrogens is 341 g/mol. The van der Waals surface area contributed by atoms with E-state index in [4.69, 9.17) is 17.3 Å². The molecular formula is C15H13Cl2N3OS. The summed E-state index contributed by atoms with van der Waals surface area (Å²) < 4.78 is 2.87. The molecule has 0 saturated heterocycles. The molecule has 114 valence electrons. The van der Waals surface area contributed by atoms with Crippen LogP contribution >= 0.6 is 22.9 Å². The lowest BCUT2D eigenvalue weighted by Crippen LogP contribution is -3.00. The van der Waals surface area contributed by atoms with Crippen LogP contribution in [-0.2, 0) is 11.3 Å². The fraction of sp³-hybridized carbons (Fsp3) is 0.0667. The van der Waals surface area contributed by atoms with Crippen molar-refractivity contribution in [1.29, 1.82) is 0 Å². The molecule has 0 aliphatic rings. The number of nitrogen functional groups attached to an aromatic ring is 1. The maximum atomic E-state index is 12.1. The van der Waals surface area contributed by atoms with Crippen LogP contribution < -0.4 is 28.0 Å². The predicted molar refractivity (Wildman–Crippen MR) is 86.5 cm³/mol. The van der Waals surface area contributed by atoms with E-state index < -0.39 is 0 Å². The van der Waals surface area contributed by atoms with Crippen LogP contribution in [0.2, 0.25) is 5.02 Å². The molecule has 0 atom stereocenters. The third-order valence-corrected chi connectivity index (χ3v) is 4.31. The normalized spacial score (nSPS) is 10.2. The minimum Gasteiger partial charge on any atom is -1.00 e. The monoisotopic (exact) mass is 353 g/mol. The van der Waals surface area contributed by atoms with Crippen molar-refractivity contribution in [2.24, 2.45) is 0 Å². The van der Waals surface area contributed by atoms with Crippen molar-refractivity contribution < 1.29 is 21.8 Å². The van der Waals surface area contributed by atoms with Crippen LogP contribution in [0.3, 0.4) is 0 Å². The number of anilines is 2. The highest BCUT2D eigenvalue weighted by Gasteiger charge is 2.17. The number of thiazole rings is 1. The molecule has 4 nitrogen and oxygen atoms in total. The molecule has 3 aromatic rings. The Bertz CT molecular complexity index is 802. The number of fused-ring (bicyclic) bond motifs is 1. The quantitative estimate of drug-likeness (QED) is 0.654. The van der Waals surface area contributed by atoms with Gasteiger partial charge in [-0.05, 0) is 47.7 Å². The molecule has 2 aromatic carbocycles. The number of nitrogens with one attached hydrogen (secondary N) is 1. The molecule has 0 bridgehead atoms. The number of nitrogens with zero attached hydrogens (tertiary/aromatic N) is 1. The maximum Gasteiger partial charge on any atom is 0.333 e. The van der Waals surface area contributed by atoms with E-state index in [0.717, 1.165) is 10.2 Å². The van der Waals surface area contributed by atoms with Crippen LogP contribution in [0.1, 0.15) is 0 Å². The molecule has 3 N–H and O–H groups in total. The van der Waals surface area contributed by atoms with Crippen molar-refractivity contribution >= 4 is 49.9 Å². The first-order valence-corrected chi connectivity index (χ1v) is 7.55. The van der Waals surface area contributed by atoms with Gasteiger partial charge in [0.25, 0.3) is 5.91 Å². The van der Waals surface area contributed by atoms with Crippen LogP contribution in [0.4, 0.5) is 10.8 Å². The lowest BCUT2D eigenvalue weighted by molar-refractivity contribution is -0.639. The van der Waals surface area contributed by atoms with E-state index in [1.807, 2.05) is 28.8 Å². The Morgan fingerprint density at radius 3 is 2.59 bits per heavy atom. The highest BCUT2D eigenvalue weighted by atomic mass is 35.5. The summed E-state index contributed by atoms with van der Waals surface area (Å²) >= 11 is 7.29. The Balaban J connectivity index is 0.00000176. The zero-order valence-corrected chi connectivity index (χ0v) is 13.8. The molecule has 0 spiro atoms. The summed E-state index contributed by atoms with van der Waals surface area (Å²) in [5.74, 6) is -0.127. The molecule has 1 amide bonds. The van der Waals surface area contributed by atoms with E-state index in [9.17, 15) is 4.79 Å². The van der Waals surface area contributed by atoms with Gasteiger partial charge < -0.3 is 17.7 Å². The molecule has 1 heterocycles. The number of carbonyl (C=O) groups excluding carboxylic acids is 1. The Kier molecular flexibility index (Phi) is 5.24. The first-order chi connectivity index (χ1) is 10.1. The summed E-state index contributed by atoms with van der Waals surface area (Å²) in [6.07, 6.45) is 0. The number of amides is 1. The smallest absolute Gasteiger partial charge is 0.333 e. The third-order valence-electron chi connectivity index (χ3n) is 3.07. The average Bonchev–Trinajstić information content (AvgIpc) is 2.78. The molecule has 7 heteroatoms. The van der Waals surface area contributed by atoms with Crippen LogP contribution in [0.5, 0.6) is 0 Å². The van der Waals surface area contributed by atoms with Crippen molar-refractivity contribution in [2.45, 2.75) is 6.54 Å². The third kappa shape index (κ3) is 3.50. The lowest BCUT2D eigenvalue weighted by Gasteiger charge is -2.04. The molecule has 0 aliphatic heterocycles. The second-order valence-electron chi connectivity index (χ2n) is 4.55. The second-order valence-corrected chi connectivity index (χ2v) is 6.05. The van der Waals surface area contributed by atoms with E-state index in [1.54, 1.807) is 24.3 Å². The molecule has 0 unspecified atom stereocenters. The number of rotatable bonds is 3. The Labute approximate surface area is 142 Å². The van der Waals surface area contributed by atoms with Gasteiger partial charge in [-0.3, -0.25) is 10.5 Å². The van der Waals surface area contributed by atoms with E-state index in [2.05, 4.69) is 5.32 Å². The van der Waals surface area contributed by atoms with Crippen molar-refractivity contribution in [3.8, 4) is 0 Å². The van der Waals surface area contributed by atoms with Gasteiger partial charge in [-0.1, -0.05) is 23.7 Å². The summed E-state index contributed by atoms with van der Waals surface area (Å²) in [7, 11) is 0. The highest BCUT2D eigenvalue weighted by Crippen LogP contribution is 2.21. The largest absolute Gasteiger partial charge is 1.00 e. The SMILES string of the molecule is Nc1sc2ccccc2[n+]1CC(=O)Nc1ccc(Cl)cc1.[Cl-]. The fourth-order valence-corrected chi connectivity index (χ4v) is 3.15. The van der Waals surface area contributed by atoms with Gasteiger partial charge in [-0.2, -0.15) is 0 Å². The molecule has 22 heavy (non-hydrogen) atoms.